The van der Waals surface area contributed by atoms with E-state index in [2.05, 4.69) is 10.1 Å². The number of methoxy groups -OCH3 is 1. The third kappa shape index (κ3) is 2.93. The molecular weight excluding hydrogens is 268 g/mol. The first-order chi connectivity index (χ1) is 10.2. The minimum absolute atomic E-state index is 0.173. The molecule has 1 aliphatic carbocycles. The lowest BCUT2D eigenvalue weighted by molar-refractivity contribution is 0.116. The van der Waals surface area contributed by atoms with Crippen LogP contribution >= 0.6 is 0 Å². The molecule has 5 heteroatoms. The van der Waals surface area contributed by atoms with E-state index in [-0.39, 0.29) is 12.0 Å². The number of hydrogen-bond acceptors (Lipinski definition) is 5. The molecule has 1 heterocycles. The van der Waals surface area contributed by atoms with E-state index in [4.69, 9.17) is 9.26 Å². The molecule has 0 aliphatic heterocycles. The Morgan fingerprint density at radius 3 is 2.67 bits per heavy atom. The van der Waals surface area contributed by atoms with Crippen LogP contribution in [-0.4, -0.2) is 28.5 Å². The van der Waals surface area contributed by atoms with Crippen LogP contribution in [0.25, 0.3) is 11.4 Å². The van der Waals surface area contributed by atoms with Crippen LogP contribution in [0.4, 0.5) is 0 Å². The molecule has 0 unspecified atom stereocenters. The zero-order chi connectivity index (χ0) is 14.8. The zero-order valence-electron chi connectivity index (χ0n) is 12.4. The molecule has 0 spiro atoms. The van der Waals surface area contributed by atoms with Crippen molar-refractivity contribution in [1.82, 2.24) is 10.1 Å². The first kappa shape index (κ1) is 14.1. The third-order valence-corrected chi connectivity index (χ3v) is 4.14. The highest BCUT2D eigenvalue weighted by Gasteiger charge is 2.25. The molecule has 5 nitrogen and oxygen atoms in total. The summed E-state index contributed by atoms with van der Waals surface area (Å²) in [7, 11) is 1.66. The van der Waals surface area contributed by atoms with Gasteiger partial charge >= 0.3 is 0 Å². The van der Waals surface area contributed by atoms with Crippen molar-refractivity contribution in [2.75, 3.05) is 7.11 Å². The smallest absolute Gasteiger partial charge is 0.230 e. The highest BCUT2D eigenvalue weighted by molar-refractivity contribution is 5.58. The quantitative estimate of drug-likeness (QED) is 0.940. The van der Waals surface area contributed by atoms with Gasteiger partial charge in [-0.25, -0.2) is 0 Å². The summed E-state index contributed by atoms with van der Waals surface area (Å²) < 4.78 is 10.7. The maximum atomic E-state index is 9.56. The molecule has 2 aromatic rings. The summed E-state index contributed by atoms with van der Waals surface area (Å²) in [5.41, 5.74) is 1.97. The van der Waals surface area contributed by atoms with Gasteiger partial charge in [-0.1, -0.05) is 5.16 Å². The van der Waals surface area contributed by atoms with Crippen molar-refractivity contribution in [1.29, 1.82) is 0 Å². The predicted octanol–water partition coefficient (Wildman–Crippen LogP) is 3.07. The first-order valence-corrected chi connectivity index (χ1v) is 7.34. The van der Waals surface area contributed by atoms with Crippen LogP contribution in [0, 0.1) is 6.92 Å². The van der Waals surface area contributed by atoms with Gasteiger partial charge < -0.3 is 14.4 Å². The van der Waals surface area contributed by atoms with E-state index in [0.717, 1.165) is 42.6 Å². The van der Waals surface area contributed by atoms with Crippen molar-refractivity contribution in [3.05, 3.63) is 29.7 Å². The fraction of sp³-hybridized carbons (Fsp3) is 0.500. The molecule has 21 heavy (non-hydrogen) atoms. The van der Waals surface area contributed by atoms with E-state index in [1.807, 2.05) is 25.1 Å². The molecule has 0 radical (unpaired) electrons. The van der Waals surface area contributed by atoms with Gasteiger partial charge in [0.15, 0.2) is 0 Å². The summed E-state index contributed by atoms with van der Waals surface area (Å²) in [5.74, 6) is 2.42. The second kappa shape index (κ2) is 5.85. The number of aliphatic hydroxyl groups excluding tert-OH is 1. The van der Waals surface area contributed by atoms with Crippen LogP contribution in [0.3, 0.4) is 0 Å². The van der Waals surface area contributed by atoms with E-state index in [1.54, 1.807) is 7.11 Å². The Morgan fingerprint density at radius 2 is 2.00 bits per heavy atom. The lowest BCUT2D eigenvalue weighted by Crippen LogP contribution is -2.17. The lowest BCUT2D eigenvalue weighted by Gasteiger charge is -2.22. The Bertz CT molecular complexity index is 616. The number of rotatable bonds is 3. The minimum Gasteiger partial charge on any atom is -0.496 e. The summed E-state index contributed by atoms with van der Waals surface area (Å²) in [5, 5.41) is 13.6. The standard InChI is InChI=1S/C16H20N2O3/c1-10-9-12(5-8-14(10)20-2)15-17-16(21-18-15)11-3-6-13(19)7-4-11/h5,8-9,11,13,19H,3-4,6-7H2,1-2H3. The second-order valence-electron chi connectivity index (χ2n) is 5.65. The summed E-state index contributed by atoms with van der Waals surface area (Å²) in [4.78, 5) is 4.53. The van der Waals surface area contributed by atoms with E-state index < -0.39 is 0 Å². The number of aromatic nitrogens is 2. The number of nitrogens with zero attached hydrogens (tertiary/aromatic N) is 2. The Hall–Kier alpha value is -1.88. The maximum absolute atomic E-state index is 9.56. The first-order valence-electron chi connectivity index (χ1n) is 7.34. The lowest BCUT2D eigenvalue weighted by atomic mass is 9.87. The van der Waals surface area contributed by atoms with Crippen molar-refractivity contribution in [2.24, 2.45) is 0 Å². The van der Waals surface area contributed by atoms with Gasteiger partial charge in [0.05, 0.1) is 13.2 Å². The fourth-order valence-corrected chi connectivity index (χ4v) is 2.86. The normalized spacial score (nSPS) is 22.2. The molecule has 1 N–H and O–H groups in total. The Labute approximate surface area is 123 Å². The van der Waals surface area contributed by atoms with Gasteiger partial charge in [-0.3, -0.25) is 0 Å². The van der Waals surface area contributed by atoms with E-state index in [1.165, 1.54) is 0 Å². The Balaban J connectivity index is 1.80. The zero-order valence-corrected chi connectivity index (χ0v) is 12.4. The van der Waals surface area contributed by atoms with Crippen molar-refractivity contribution < 1.29 is 14.4 Å². The topological polar surface area (TPSA) is 68.4 Å². The average Bonchev–Trinajstić information content (AvgIpc) is 2.98. The highest BCUT2D eigenvalue weighted by atomic mass is 16.5. The van der Waals surface area contributed by atoms with Crippen molar-refractivity contribution >= 4 is 0 Å². The molecule has 0 bridgehead atoms. The molecule has 3 rings (SSSR count). The van der Waals surface area contributed by atoms with E-state index in [9.17, 15) is 5.11 Å². The molecule has 112 valence electrons. The van der Waals surface area contributed by atoms with Gasteiger partial charge in [0, 0.05) is 11.5 Å². The SMILES string of the molecule is COc1ccc(-c2noc(C3CCC(O)CC3)n2)cc1C. The average molecular weight is 288 g/mol. The minimum atomic E-state index is -0.173. The van der Waals surface area contributed by atoms with Crippen molar-refractivity contribution in [3.63, 3.8) is 0 Å². The van der Waals surface area contributed by atoms with E-state index in [0.29, 0.717) is 11.7 Å². The van der Waals surface area contributed by atoms with Crippen LogP contribution in [0.5, 0.6) is 5.75 Å². The van der Waals surface area contributed by atoms with Crippen molar-refractivity contribution in [2.45, 2.75) is 44.6 Å². The molecule has 1 aromatic heterocycles. The molecule has 1 fully saturated rings. The molecule has 1 saturated carbocycles. The van der Waals surface area contributed by atoms with Gasteiger partial charge in [-0.05, 0) is 56.4 Å². The summed E-state index contributed by atoms with van der Waals surface area (Å²) in [6.45, 7) is 1.99. The summed E-state index contributed by atoms with van der Waals surface area (Å²) in [6.07, 6.45) is 3.26. The van der Waals surface area contributed by atoms with Crippen LogP contribution < -0.4 is 4.74 Å². The molecular formula is C16H20N2O3. The number of ether oxygens (including phenoxy) is 1. The van der Waals surface area contributed by atoms with E-state index >= 15 is 0 Å². The van der Waals surface area contributed by atoms with Crippen LogP contribution in [0.1, 0.15) is 43.1 Å². The maximum Gasteiger partial charge on any atom is 0.230 e. The molecule has 0 saturated heterocycles. The van der Waals surface area contributed by atoms with Crippen LogP contribution in [0.2, 0.25) is 0 Å². The third-order valence-electron chi connectivity index (χ3n) is 4.14. The Kier molecular flexibility index (Phi) is 3.92. The predicted molar refractivity (Wildman–Crippen MR) is 78.2 cm³/mol. The molecule has 0 atom stereocenters. The Morgan fingerprint density at radius 1 is 1.24 bits per heavy atom. The number of aryl methyl sites for hydroxylation is 1. The number of benzene rings is 1. The highest BCUT2D eigenvalue weighted by Crippen LogP contribution is 2.33. The largest absolute Gasteiger partial charge is 0.496 e. The van der Waals surface area contributed by atoms with Gasteiger partial charge in [0.2, 0.25) is 11.7 Å². The van der Waals surface area contributed by atoms with Crippen LogP contribution in [-0.2, 0) is 0 Å². The number of hydrogen-bond donors (Lipinski definition) is 1. The second-order valence-corrected chi connectivity index (χ2v) is 5.65. The molecule has 1 aliphatic rings. The molecule has 0 amide bonds. The molecule has 1 aromatic carbocycles. The fourth-order valence-electron chi connectivity index (χ4n) is 2.86. The van der Waals surface area contributed by atoms with Gasteiger partial charge in [0.1, 0.15) is 5.75 Å². The number of aliphatic hydroxyl groups is 1. The van der Waals surface area contributed by atoms with Gasteiger partial charge in [-0.15, -0.1) is 0 Å². The van der Waals surface area contributed by atoms with Crippen molar-refractivity contribution in [3.8, 4) is 17.1 Å². The monoisotopic (exact) mass is 288 g/mol. The summed E-state index contributed by atoms with van der Waals surface area (Å²) >= 11 is 0. The summed E-state index contributed by atoms with van der Waals surface area (Å²) in [6, 6.07) is 5.85. The van der Waals surface area contributed by atoms with Gasteiger partial charge in [-0.2, -0.15) is 4.98 Å². The van der Waals surface area contributed by atoms with Crippen LogP contribution in [0.15, 0.2) is 22.7 Å². The van der Waals surface area contributed by atoms with Gasteiger partial charge in [0.25, 0.3) is 0 Å².